The quantitative estimate of drug-likeness (QED) is 0.923. The van der Waals surface area contributed by atoms with Crippen LogP contribution >= 0.6 is 11.3 Å². The lowest BCUT2D eigenvalue weighted by atomic mass is 9.91. The first-order chi connectivity index (χ1) is 9.84. The number of thiazole rings is 1. The molecule has 1 aliphatic rings. The van der Waals surface area contributed by atoms with Crippen molar-refractivity contribution in [3.63, 3.8) is 0 Å². The lowest BCUT2D eigenvalue weighted by Gasteiger charge is -2.17. The Kier molecular flexibility index (Phi) is 3.17. The molecule has 1 heterocycles. The summed E-state index contributed by atoms with van der Waals surface area (Å²) in [7, 11) is 0. The van der Waals surface area contributed by atoms with E-state index in [0.29, 0.717) is 10.6 Å². The van der Waals surface area contributed by atoms with E-state index < -0.39 is 5.97 Å². The SMILES string of the molecule is CC(C)(C)c1nc(C2(c3ccccc3)CC2)sc1C(=O)O. The van der Waals surface area contributed by atoms with Crippen LogP contribution in [0.15, 0.2) is 30.3 Å². The highest BCUT2D eigenvalue weighted by Crippen LogP contribution is 2.55. The minimum atomic E-state index is -0.868. The highest BCUT2D eigenvalue weighted by Gasteiger charge is 2.49. The molecule has 0 saturated heterocycles. The van der Waals surface area contributed by atoms with Gasteiger partial charge >= 0.3 is 5.97 Å². The van der Waals surface area contributed by atoms with Crippen LogP contribution in [0.1, 0.15) is 59.5 Å². The number of carboxylic acids is 1. The largest absolute Gasteiger partial charge is 0.477 e. The van der Waals surface area contributed by atoms with Gasteiger partial charge < -0.3 is 5.11 Å². The summed E-state index contributed by atoms with van der Waals surface area (Å²) in [6, 6.07) is 10.3. The molecule has 1 aromatic heterocycles. The van der Waals surface area contributed by atoms with Crippen molar-refractivity contribution in [2.24, 2.45) is 0 Å². The van der Waals surface area contributed by atoms with Gasteiger partial charge in [-0.2, -0.15) is 0 Å². The Hall–Kier alpha value is -1.68. The number of benzene rings is 1. The number of hydrogen-bond donors (Lipinski definition) is 1. The summed E-state index contributed by atoms with van der Waals surface area (Å²) in [6.07, 6.45) is 2.10. The van der Waals surface area contributed by atoms with E-state index in [0.717, 1.165) is 17.8 Å². The average Bonchev–Trinajstić information content (AvgIpc) is 3.10. The van der Waals surface area contributed by atoms with Crippen molar-refractivity contribution < 1.29 is 9.90 Å². The van der Waals surface area contributed by atoms with Gasteiger partial charge in [0.25, 0.3) is 0 Å². The monoisotopic (exact) mass is 301 g/mol. The van der Waals surface area contributed by atoms with Gasteiger partial charge in [0, 0.05) is 10.8 Å². The molecule has 1 aliphatic carbocycles. The maximum absolute atomic E-state index is 11.5. The third-order valence-corrected chi connectivity index (χ3v) is 5.27. The Morgan fingerprint density at radius 3 is 2.29 bits per heavy atom. The van der Waals surface area contributed by atoms with Gasteiger partial charge in [-0.3, -0.25) is 0 Å². The van der Waals surface area contributed by atoms with Crippen LogP contribution in [0.2, 0.25) is 0 Å². The maximum atomic E-state index is 11.5. The standard InChI is InChI=1S/C17H19NO2S/c1-16(2,3)13-12(14(19)20)21-15(18-13)17(9-10-17)11-7-5-4-6-8-11/h4-8H,9-10H2,1-3H3,(H,19,20). The number of carboxylic acid groups (broad SMARTS) is 1. The van der Waals surface area contributed by atoms with E-state index in [9.17, 15) is 9.90 Å². The summed E-state index contributed by atoms with van der Waals surface area (Å²) in [5, 5.41) is 10.4. The molecule has 0 atom stereocenters. The van der Waals surface area contributed by atoms with Crippen molar-refractivity contribution in [3.05, 3.63) is 51.5 Å². The van der Waals surface area contributed by atoms with Gasteiger partial charge in [0.2, 0.25) is 0 Å². The topological polar surface area (TPSA) is 50.2 Å². The molecule has 1 fully saturated rings. The van der Waals surface area contributed by atoms with Crippen LogP contribution in [0.5, 0.6) is 0 Å². The van der Waals surface area contributed by atoms with E-state index in [1.54, 1.807) is 0 Å². The van der Waals surface area contributed by atoms with Gasteiger partial charge in [-0.05, 0) is 18.4 Å². The lowest BCUT2D eigenvalue weighted by molar-refractivity contribution is 0.0699. The van der Waals surface area contributed by atoms with Crippen molar-refractivity contribution in [2.45, 2.75) is 44.4 Å². The summed E-state index contributed by atoms with van der Waals surface area (Å²) >= 11 is 1.35. The summed E-state index contributed by atoms with van der Waals surface area (Å²) in [5.74, 6) is -0.868. The van der Waals surface area contributed by atoms with Crippen LogP contribution in [0, 0.1) is 0 Å². The lowest BCUT2D eigenvalue weighted by Crippen LogP contribution is -2.17. The number of rotatable bonds is 3. The molecule has 0 radical (unpaired) electrons. The fraction of sp³-hybridized carbons (Fsp3) is 0.412. The minimum absolute atomic E-state index is 0.0559. The second kappa shape index (κ2) is 4.67. The first-order valence-corrected chi connectivity index (χ1v) is 7.97. The fourth-order valence-electron chi connectivity index (χ4n) is 2.69. The third-order valence-electron chi connectivity index (χ3n) is 4.02. The number of hydrogen-bond acceptors (Lipinski definition) is 3. The molecule has 1 aromatic carbocycles. The van der Waals surface area contributed by atoms with Gasteiger partial charge in [0.15, 0.2) is 0 Å². The van der Waals surface area contributed by atoms with E-state index in [1.807, 2.05) is 39.0 Å². The molecule has 0 amide bonds. The molecule has 1 saturated carbocycles. The fourth-order valence-corrected chi connectivity index (χ4v) is 4.07. The summed E-state index contributed by atoms with van der Waals surface area (Å²) in [4.78, 5) is 16.7. The average molecular weight is 301 g/mol. The smallest absolute Gasteiger partial charge is 0.347 e. The predicted octanol–water partition coefficient (Wildman–Crippen LogP) is 4.22. The van der Waals surface area contributed by atoms with Crippen LogP contribution in [-0.2, 0) is 10.8 Å². The van der Waals surface area contributed by atoms with E-state index >= 15 is 0 Å². The van der Waals surface area contributed by atoms with Gasteiger partial charge in [-0.1, -0.05) is 51.1 Å². The Bertz CT molecular complexity index is 679. The van der Waals surface area contributed by atoms with Gasteiger partial charge in [-0.25, -0.2) is 9.78 Å². The summed E-state index contributed by atoms with van der Waals surface area (Å²) in [6.45, 7) is 6.04. The van der Waals surface area contributed by atoms with E-state index in [-0.39, 0.29) is 10.8 Å². The Balaban J connectivity index is 2.11. The molecule has 0 unspecified atom stereocenters. The van der Waals surface area contributed by atoms with Crippen molar-refractivity contribution in [2.75, 3.05) is 0 Å². The maximum Gasteiger partial charge on any atom is 0.347 e. The van der Waals surface area contributed by atoms with Crippen LogP contribution in [0.4, 0.5) is 0 Å². The highest BCUT2D eigenvalue weighted by molar-refractivity contribution is 7.14. The molecular weight excluding hydrogens is 282 g/mol. The summed E-state index contributed by atoms with van der Waals surface area (Å²) in [5.41, 5.74) is 1.64. The molecule has 4 heteroatoms. The molecule has 3 nitrogen and oxygen atoms in total. The van der Waals surface area contributed by atoms with Crippen LogP contribution in [0.25, 0.3) is 0 Å². The molecule has 0 spiro atoms. The Morgan fingerprint density at radius 1 is 1.24 bits per heavy atom. The zero-order chi connectivity index (χ0) is 15.3. The van der Waals surface area contributed by atoms with Crippen LogP contribution in [-0.4, -0.2) is 16.1 Å². The second-order valence-corrected chi connectivity index (χ2v) is 7.70. The first-order valence-electron chi connectivity index (χ1n) is 7.15. The Morgan fingerprint density at radius 2 is 1.86 bits per heavy atom. The molecular formula is C17H19NO2S. The van der Waals surface area contributed by atoms with Crippen molar-refractivity contribution in [3.8, 4) is 0 Å². The second-order valence-electron chi connectivity index (χ2n) is 6.70. The predicted molar refractivity (Wildman–Crippen MR) is 84.2 cm³/mol. The van der Waals surface area contributed by atoms with Gasteiger partial charge in [0.1, 0.15) is 9.88 Å². The zero-order valence-corrected chi connectivity index (χ0v) is 13.3. The Labute approximate surface area is 128 Å². The molecule has 2 aromatic rings. The molecule has 0 bridgehead atoms. The number of nitrogens with zero attached hydrogens (tertiary/aromatic N) is 1. The van der Waals surface area contributed by atoms with Crippen molar-refractivity contribution >= 4 is 17.3 Å². The van der Waals surface area contributed by atoms with Gasteiger partial charge in [-0.15, -0.1) is 11.3 Å². The van der Waals surface area contributed by atoms with Crippen LogP contribution < -0.4 is 0 Å². The van der Waals surface area contributed by atoms with Crippen LogP contribution in [0.3, 0.4) is 0 Å². The van der Waals surface area contributed by atoms with E-state index in [1.165, 1.54) is 16.9 Å². The highest BCUT2D eigenvalue weighted by atomic mass is 32.1. The van der Waals surface area contributed by atoms with E-state index in [2.05, 4.69) is 12.1 Å². The number of carbonyl (C=O) groups is 1. The van der Waals surface area contributed by atoms with Crippen molar-refractivity contribution in [1.29, 1.82) is 0 Å². The number of aromatic carboxylic acids is 1. The van der Waals surface area contributed by atoms with Gasteiger partial charge in [0.05, 0.1) is 5.69 Å². The molecule has 1 N–H and O–H groups in total. The van der Waals surface area contributed by atoms with Crippen molar-refractivity contribution in [1.82, 2.24) is 4.98 Å². The molecule has 21 heavy (non-hydrogen) atoms. The summed E-state index contributed by atoms with van der Waals surface area (Å²) < 4.78 is 0. The third kappa shape index (κ3) is 2.38. The molecule has 0 aliphatic heterocycles. The normalized spacial score (nSPS) is 16.7. The first kappa shape index (κ1) is 14.3. The molecule has 110 valence electrons. The minimum Gasteiger partial charge on any atom is -0.477 e. The number of aromatic nitrogens is 1. The van der Waals surface area contributed by atoms with E-state index in [4.69, 9.17) is 4.98 Å². The molecule has 3 rings (SSSR count). The zero-order valence-electron chi connectivity index (χ0n) is 12.5.